The second-order valence-corrected chi connectivity index (χ2v) is 0. The van der Waals surface area contributed by atoms with Gasteiger partial charge in [-0.15, -0.1) is 0 Å². The van der Waals surface area contributed by atoms with Crippen molar-refractivity contribution in [2.24, 2.45) is 0 Å². The Hall–Kier alpha value is 2.88. The van der Waals surface area contributed by atoms with Crippen LogP contribution in [-0.4, -0.2) is 0 Å². The maximum absolute atomic E-state index is 0. The first-order valence-electron chi connectivity index (χ1n) is 0. The molecule has 0 fully saturated rings. The largest absolute Gasteiger partial charge is 3.00 e. The minimum atomic E-state index is 0. The summed E-state index contributed by atoms with van der Waals surface area (Å²) in [4.78, 5) is 0. The molecule has 0 bridgehead atoms. The smallest absolute Gasteiger partial charge is 1.00 e. The van der Waals surface area contributed by atoms with E-state index in [9.17, 15) is 0 Å². The Kier molecular flexibility index (Phi) is 121. The van der Waals surface area contributed by atoms with Crippen molar-refractivity contribution in [2.45, 2.75) is 0 Å². The van der Waals surface area contributed by atoms with E-state index in [0.717, 1.165) is 0 Å². The number of hydrogen-bond donors (Lipinski definition) is 0. The van der Waals surface area contributed by atoms with Crippen LogP contribution in [0.5, 0.6) is 0 Å². The third-order valence-corrected chi connectivity index (χ3v) is 0. The van der Waals surface area contributed by atoms with Crippen molar-refractivity contribution in [3.8, 4) is 0 Å². The van der Waals surface area contributed by atoms with Gasteiger partial charge in [-0.25, -0.2) is 0 Å². The zero-order valence-corrected chi connectivity index (χ0v) is 10.0. The van der Waals surface area contributed by atoms with Crippen LogP contribution < -0.4 is 71.9 Å². The van der Waals surface area contributed by atoms with Crippen molar-refractivity contribution in [1.82, 2.24) is 0 Å². The Labute approximate surface area is 91.2 Å². The maximum atomic E-state index is 0. The van der Waals surface area contributed by atoms with E-state index in [4.69, 9.17) is 0 Å². The van der Waals surface area contributed by atoms with Gasteiger partial charge in [0.15, 0.2) is 0 Å². The maximum Gasteiger partial charge on any atom is 3.00 e. The van der Waals surface area contributed by atoms with Crippen LogP contribution in [0.1, 0.15) is 0 Å². The predicted octanol–water partition coefficient (Wildman–Crippen LogP) is -8.99. The first-order valence-corrected chi connectivity index (χ1v) is 0. The molecule has 0 spiro atoms. The Morgan fingerprint density at radius 2 is 0.500 bits per heavy atom. The molecule has 0 aromatic heterocycles. The molecule has 0 unspecified atom stereocenters. The molecule has 1 radical (unpaired) electrons. The molecule has 0 nitrogen and oxygen atoms in total. The van der Waals surface area contributed by atoms with E-state index in [1.54, 1.807) is 0 Å². The molecule has 4 heteroatoms. The summed E-state index contributed by atoms with van der Waals surface area (Å²) in [5.41, 5.74) is 0. The van der Waals surface area contributed by atoms with Crippen molar-refractivity contribution in [2.75, 3.05) is 0 Å². The Bertz CT molecular complexity index is 3.25. The van der Waals surface area contributed by atoms with Crippen LogP contribution in [-0.2, 0) is 21.1 Å². The number of hydrogen-bond acceptors (Lipinski definition) is 0. The number of rotatable bonds is 0. The molecule has 0 saturated heterocycles. The summed E-state index contributed by atoms with van der Waals surface area (Å²) >= 11 is 0. The first-order chi connectivity index (χ1) is 0. The van der Waals surface area contributed by atoms with Crippen LogP contribution in [0, 0.1) is 0 Å². The van der Waals surface area contributed by atoms with Crippen molar-refractivity contribution in [3.05, 3.63) is 0 Å². The summed E-state index contributed by atoms with van der Waals surface area (Å²) in [6, 6.07) is 0. The van der Waals surface area contributed by atoms with Crippen LogP contribution in [0.2, 0.25) is 0 Å². The molecular formula is I3Mo. The molecule has 0 aromatic rings. The fourth-order valence-electron chi connectivity index (χ4n) is 0. The minimum Gasteiger partial charge on any atom is -1.00 e. The van der Waals surface area contributed by atoms with E-state index in [0.29, 0.717) is 0 Å². The zero-order chi connectivity index (χ0) is 0. The van der Waals surface area contributed by atoms with Crippen LogP contribution in [0.15, 0.2) is 0 Å². The van der Waals surface area contributed by atoms with Gasteiger partial charge in [0.2, 0.25) is 0 Å². The van der Waals surface area contributed by atoms with Crippen molar-refractivity contribution in [1.29, 1.82) is 0 Å². The molecule has 0 aliphatic carbocycles. The molecular weight excluding hydrogens is 477 g/mol. The van der Waals surface area contributed by atoms with E-state index in [2.05, 4.69) is 0 Å². The van der Waals surface area contributed by atoms with E-state index in [1.807, 2.05) is 0 Å². The quantitative estimate of drug-likeness (QED) is 0.241. The Balaban J connectivity index is 0. The molecule has 0 amide bonds. The number of halogens is 3. The third-order valence-electron chi connectivity index (χ3n) is 0. The second-order valence-electron chi connectivity index (χ2n) is 0. The molecule has 27 valence electrons. The second kappa shape index (κ2) is 16.9. The minimum absolute atomic E-state index is 0. The average Bonchev–Trinajstić information content (AvgIpc) is 0. The Morgan fingerprint density at radius 1 is 0.500 bits per heavy atom. The summed E-state index contributed by atoms with van der Waals surface area (Å²) in [6.07, 6.45) is 0. The van der Waals surface area contributed by atoms with E-state index in [1.165, 1.54) is 0 Å². The van der Waals surface area contributed by atoms with Gasteiger partial charge in [-0.1, -0.05) is 0 Å². The predicted molar refractivity (Wildman–Crippen MR) is 0 cm³/mol. The van der Waals surface area contributed by atoms with Crippen LogP contribution >= 0.6 is 0 Å². The normalized spacial score (nSPS) is 0. The van der Waals surface area contributed by atoms with Gasteiger partial charge in [-0.2, -0.15) is 0 Å². The molecule has 4 heavy (non-hydrogen) atoms. The first kappa shape index (κ1) is 28.7. The van der Waals surface area contributed by atoms with Gasteiger partial charge in [0, 0.05) is 0 Å². The monoisotopic (exact) mass is 479 g/mol. The van der Waals surface area contributed by atoms with E-state index in [-0.39, 0.29) is 93.0 Å². The van der Waals surface area contributed by atoms with Gasteiger partial charge in [0.1, 0.15) is 0 Å². The van der Waals surface area contributed by atoms with Gasteiger partial charge in [0.25, 0.3) is 0 Å². The molecule has 0 rings (SSSR count). The van der Waals surface area contributed by atoms with Gasteiger partial charge < -0.3 is 71.9 Å². The standard InChI is InChI=1S/3HI.Mo/h3*1H;/q;;;+3/p-3. The molecule has 0 N–H and O–H groups in total. The zero-order valence-electron chi connectivity index (χ0n) is 1.54. The van der Waals surface area contributed by atoms with E-state index < -0.39 is 0 Å². The average molecular weight is 477 g/mol. The van der Waals surface area contributed by atoms with Crippen LogP contribution in [0.25, 0.3) is 0 Å². The van der Waals surface area contributed by atoms with Gasteiger partial charge in [-0.05, 0) is 0 Å². The molecule has 0 aromatic carbocycles. The van der Waals surface area contributed by atoms with Crippen molar-refractivity contribution >= 4 is 0 Å². The van der Waals surface area contributed by atoms with E-state index >= 15 is 0 Å². The summed E-state index contributed by atoms with van der Waals surface area (Å²) < 4.78 is 0. The van der Waals surface area contributed by atoms with Gasteiger partial charge in [0.05, 0.1) is 0 Å². The van der Waals surface area contributed by atoms with Crippen molar-refractivity contribution in [3.63, 3.8) is 0 Å². The van der Waals surface area contributed by atoms with Crippen LogP contribution in [0.3, 0.4) is 0 Å². The molecule has 0 atom stereocenters. The molecule has 0 heterocycles. The summed E-state index contributed by atoms with van der Waals surface area (Å²) in [7, 11) is 0. The molecule has 0 aliphatic rings. The third kappa shape index (κ3) is 8.86. The SMILES string of the molecule is [I-].[I-].[I-].[Mo+3]. The summed E-state index contributed by atoms with van der Waals surface area (Å²) in [6.45, 7) is 0. The fraction of sp³-hybridized carbons (Fsp3) is 0. The van der Waals surface area contributed by atoms with Crippen molar-refractivity contribution < 1.29 is 93.0 Å². The topological polar surface area (TPSA) is 0 Å². The summed E-state index contributed by atoms with van der Waals surface area (Å²) in [5.74, 6) is 0. The Morgan fingerprint density at radius 3 is 0.500 bits per heavy atom. The van der Waals surface area contributed by atoms with Crippen LogP contribution in [0.4, 0.5) is 0 Å². The van der Waals surface area contributed by atoms with Gasteiger partial charge in [-0.3, -0.25) is 0 Å². The fourth-order valence-corrected chi connectivity index (χ4v) is 0. The van der Waals surface area contributed by atoms with Gasteiger partial charge >= 0.3 is 21.1 Å². The molecule has 0 aliphatic heterocycles. The summed E-state index contributed by atoms with van der Waals surface area (Å²) in [5, 5.41) is 0. The molecule has 0 saturated carbocycles.